The monoisotopic (exact) mass is 459 g/mol. The highest BCUT2D eigenvalue weighted by atomic mass is 32.5. The van der Waals surface area contributed by atoms with Gasteiger partial charge in [0, 0.05) is 6.49 Å². The number of fused-ring (bicyclic) bond motifs is 1. The summed E-state index contributed by atoms with van der Waals surface area (Å²) in [4.78, 5) is 55.7. The van der Waals surface area contributed by atoms with E-state index in [1.54, 1.807) is 11.5 Å². The fourth-order valence-electron chi connectivity index (χ4n) is 1.89. The normalized spacial score (nSPS) is 18.1. The molecule has 0 aliphatic heterocycles. The van der Waals surface area contributed by atoms with Gasteiger partial charge in [0.1, 0.15) is 11.8 Å². The first-order valence-corrected chi connectivity index (χ1v) is 12.6. The quantitative estimate of drug-likeness (QED) is 0.392. The second kappa shape index (κ2) is 8.27. The van der Waals surface area contributed by atoms with Crippen LogP contribution in [0.2, 0.25) is 0 Å². The van der Waals surface area contributed by atoms with Gasteiger partial charge in [0.15, 0.2) is 11.5 Å². The second-order valence-electron chi connectivity index (χ2n) is 5.10. The Morgan fingerprint density at radius 3 is 2.52 bits per heavy atom. The third kappa shape index (κ3) is 6.93. The van der Waals surface area contributed by atoms with Gasteiger partial charge < -0.3 is 39.2 Å². The van der Waals surface area contributed by atoms with Crippen molar-refractivity contribution in [3.63, 3.8) is 0 Å². The maximum Gasteiger partial charge on any atom is 0.274 e. The van der Waals surface area contributed by atoms with Gasteiger partial charge in [-0.1, -0.05) is 11.8 Å². The largest absolute Gasteiger partial charge is 0.799 e. The lowest BCUT2D eigenvalue weighted by Crippen LogP contribution is -2.22. The molecule has 0 aromatic carbocycles. The number of hydrogen-bond donors (Lipinski definition) is 1. The van der Waals surface area contributed by atoms with E-state index in [4.69, 9.17) is 10.5 Å². The first-order valence-electron chi connectivity index (χ1n) is 6.87. The number of rotatable bonds is 9. The van der Waals surface area contributed by atoms with Gasteiger partial charge in [-0.3, -0.25) is 13.2 Å². The number of ether oxygens (including phenoxy) is 1. The molecule has 2 unspecified atom stereocenters. The average molecular weight is 459 g/mol. The lowest BCUT2D eigenvalue weighted by Gasteiger charge is -2.39. The fourth-order valence-corrected chi connectivity index (χ4v) is 6.02. The molecular weight excluding hydrogens is 447 g/mol. The number of anilines is 1. The molecule has 0 aliphatic rings. The van der Waals surface area contributed by atoms with Crippen molar-refractivity contribution < 1.29 is 42.1 Å². The van der Waals surface area contributed by atoms with Crippen LogP contribution in [0.3, 0.4) is 0 Å². The van der Waals surface area contributed by atoms with Gasteiger partial charge in [-0.05, 0) is 6.92 Å². The molecule has 0 spiro atoms. The Kier molecular flexibility index (Phi) is 6.89. The zero-order chi connectivity index (χ0) is 20.5. The molecule has 0 aliphatic carbocycles. The Balaban J connectivity index is 1.96. The van der Waals surface area contributed by atoms with Crippen LogP contribution in [0.25, 0.3) is 11.2 Å². The molecule has 0 saturated carbocycles. The number of nitrogen functional groups attached to an aromatic ring is 1. The third-order valence-electron chi connectivity index (χ3n) is 2.82. The van der Waals surface area contributed by atoms with Crippen LogP contribution in [0.4, 0.5) is 5.82 Å². The lowest BCUT2D eigenvalue weighted by molar-refractivity contribution is -0.339. The average Bonchev–Trinajstić information content (AvgIpc) is 2.86. The third-order valence-corrected chi connectivity index (χ3v) is 7.60. The van der Waals surface area contributed by atoms with Crippen molar-refractivity contribution in [3.8, 4) is 0 Å². The maximum absolute atomic E-state index is 11.9. The topological polar surface area (TPSA) is 224 Å². The summed E-state index contributed by atoms with van der Waals surface area (Å²) < 4.78 is 35.4. The Labute approximate surface area is 157 Å². The number of phosphoric acid groups is 2. The Bertz CT molecular complexity index is 964. The Hall–Kier alpha value is -0.820. The van der Waals surface area contributed by atoms with Crippen molar-refractivity contribution in [2.45, 2.75) is 19.6 Å². The second-order valence-corrected chi connectivity index (χ2v) is 11.3. The number of nitrogens with zero attached hydrogens (tertiary/aromatic N) is 4. The molecule has 3 atom stereocenters. The van der Waals surface area contributed by atoms with Gasteiger partial charge in [-0.2, -0.15) is 0 Å². The van der Waals surface area contributed by atoms with Gasteiger partial charge in [0.05, 0.1) is 33.1 Å². The van der Waals surface area contributed by atoms with Crippen LogP contribution in [0.5, 0.6) is 0 Å². The lowest BCUT2D eigenvalue weighted by atomic mass is 10.4. The first-order chi connectivity index (χ1) is 12.3. The molecule has 0 amide bonds. The molecule has 0 bridgehead atoms. The van der Waals surface area contributed by atoms with Crippen LogP contribution >= 0.6 is 22.1 Å². The van der Waals surface area contributed by atoms with Crippen molar-refractivity contribution in [1.82, 2.24) is 19.5 Å². The highest BCUT2D eigenvalue weighted by molar-refractivity contribution is 8.10. The van der Waals surface area contributed by atoms with E-state index in [9.17, 15) is 28.7 Å². The van der Waals surface area contributed by atoms with Gasteiger partial charge in [-0.15, -0.1) is 0 Å². The molecule has 2 aromatic heterocycles. The maximum atomic E-state index is 11.9. The predicted molar refractivity (Wildman–Crippen MR) is 86.8 cm³/mol. The Morgan fingerprint density at radius 2 is 1.89 bits per heavy atom. The number of aromatic nitrogens is 4. The Morgan fingerprint density at radius 1 is 1.22 bits per heavy atom. The summed E-state index contributed by atoms with van der Waals surface area (Å²) in [6.07, 6.45) is 1.11. The summed E-state index contributed by atoms with van der Waals surface area (Å²) in [6.45, 7) is -2.72. The van der Waals surface area contributed by atoms with Crippen LogP contribution in [0.15, 0.2) is 12.7 Å². The predicted octanol–water partition coefficient (Wildman–Crippen LogP) is -2.23. The van der Waals surface area contributed by atoms with E-state index in [1.807, 2.05) is 0 Å². The molecule has 2 heterocycles. The van der Waals surface area contributed by atoms with Crippen LogP contribution in [0, 0.1) is 0 Å². The number of imidazole rings is 1. The van der Waals surface area contributed by atoms with E-state index < -0.39 is 34.6 Å². The molecule has 152 valence electrons. The van der Waals surface area contributed by atoms with E-state index in [1.165, 1.54) is 12.7 Å². The van der Waals surface area contributed by atoms with E-state index >= 15 is 0 Å². The minimum absolute atomic E-state index is 0.143. The molecule has 27 heavy (non-hydrogen) atoms. The minimum atomic E-state index is -5.92. The highest BCUT2D eigenvalue weighted by Crippen LogP contribution is 2.60. The molecule has 2 rings (SSSR count). The van der Waals surface area contributed by atoms with E-state index in [0.717, 1.165) is 0 Å². The summed E-state index contributed by atoms with van der Waals surface area (Å²) >= 11 is 4.45. The zero-order valence-electron chi connectivity index (χ0n) is 13.4. The van der Waals surface area contributed by atoms with Crippen molar-refractivity contribution >= 4 is 50.9 Å². The number of hydrogen-bond acceptors (Lipinski definition) is 14. The molecule has 14 nitrogen and oxygen atoms in total. The summed E-state index contributed by atoms with van der Waals surface area (Å²) in [5.41, 5.74) is 6.44. The fraction of sp³-hybridized carbons (Fsp3) is 0.444. The van der Waals surface area contributed by atoms with Gasteiger partial charge in [-0.25, -0.2) is 15.0 Å². The van der Waals surface area contributed by atoms with Crippen LogP contribution in [0.1, 0.15) is 6.92 Å². The van der Waals surface area contributed by atoms with E-state index in [0.29, 0.717) is 11.2 Å². The number of nitrogens with two attached hydrogens (primary N) is 1. The van der Waals surface area contributed by atoms with Crippen molar-refractivity contribution in [2.24, 2.45) is 0 Å². The molecule has 0 radical (unpaired) electrons. The summed E-state index contributed by atoms with van der Waals surface area (Å²) in [7, 11) is -11.6. The zero-order valence-corrected chi connectivity index (χ0v) is 16.9. The summed E-state index contributed by atoms with van der Waals surface area (Å²) in [6, 6.07) is 0. The van der Waals surface area contributed by atoms with Crippen LogP contribution in [-0.4, -0.2) is 32.0 Å². The SMILES string of the molecule is C[C@H](Cn1cnc2c(N)ncnc21)OCP([O-])(=S)OP(=O)([O-])OP(=O)([O-])[O-]. The van der Waals surface area contributed by atoms with Crippen molar-refractivity contribution in [2.75, 3.05) is 12.1 Å². The highest BCUT2D eigenvalue weighted by Gasteiger charge is 2.19. The van der Waals surface area contributed by atoms with Crippen LogP contribution < -0.4 is 25.3 Å². The van der Waals surface area contributed by atoms with E-state index in [2.05, 4.69) is 35.4 Å². The van der Waals surface area contributed by atoms with Crippen LogP contribution in [-0.2, 0) is 40.8 Å². The standard InChI is InChI=1S/C9H16N5O9P3S/c1-6(2-14-4-13-7-8(10)11-3-12-9(7)14)21-5-24(15,27)22-26(19,20)23-25(16,17)18/h3-4,6H,2,5H2,1H3,(H,15,27)(H,19,20)(H2,10,11,12)(H2,16,17,18)/p-4/t6-,24?/m1/s1. The first kappa shape index (κ1) is 22.5. The van der Waals surface area contributed by atoms with Gasteiger partial charge in [0.2, 0.25) is 0 Å². The molecule has 18 heteroatoms. The molecule has 0 saturated heterocycles. The summed E-state index contributed by atoms with van der Waals surface area (Å²) in [5, 5.41) is 0. The molecule has 2 N–H and O–H groups in total. The van der Waals surface area contributed by atoms with Gasteiger partial charge in [0.25, 0.3) is 7.82 Å². The van der Waals surface area contributed by atoms with Crippen molar-refractivity contribution in [1.29, 1.82) is 0 Å². The summed E-state index contributed by atoms with van der Waals surface area (Å²) in [5.74, 6) is 0.177. The molecule has 2 aromatic rings. The van der Waals surface area contributed by atoms with Gasteiger partial charge >= 0.3 is 0 Å². The molecular formula is C9H12N5O9P3S-4. The van der Waals surface area contributed by atoms with Crippen molar-refractivity contribution in [3.05, 3.63) is 12.7 Å². The minimum Gasteiger partial charge on any atom is -0.799 e. The smallest absolute Gasteiger partial charge is 0.274 e. The molecule has 0 fully saturated rings. The van der Waals surface area contributed by atoms with E-state index in [-0.39, 0.29) is 12.4 Å².